The summed E-state index contributed by atoms with van der Waals surface area (Å²) >= 11 is 1.78. The summed E-state index contributed by atoms with van der Waals surface area (Å²) in [5, 5.41) is 14.0. The summed E-state index contributed by atoms with van der Waals surface area (Å²) in [6.45, 7) is 0.998. The molecule has 1 aliphatic rings. The highest BCUT2D eigenvalue weighted by Gasteiger charge is 2.24. The third-order valence-electron chi connectivity index (χ3n) is 4.56. The summed E-state index contributed by atoms with van der Waals surface area (Å²) in [6.07, 6.45) is -0.517. The number of nitrogens with zero attached hydrogens (tertiary/aromatic N) is 1. The number of hydrogen-bond donors (Lipinski definition) is 2. The van der Waals surface area contributed by atoms with E-state index in [4.69, 9.17) is 4.74 Å². The van der Waals surface area contributed by atoms with Gasteiger partial charge in [0.05, 0.1) is 31.1 Å². The number of rotatable bonds is 6. The van der Waals surface area contributed by atoms with Crippen molar-refractivity contribution in [2.24, 2.45) is 0 Å². The van der Waals surface area contributed by atoms with Crippen molar-refractivity contribution >= 4 is 28.8 Å². The maximum atomic E-state index is 10.7. The third-order valence-corrected chi connectivity index (χ3v) is 5.69. The zero-order valence-electron chi connectivity index (χ0n) is 15.1. The number of anilines is 3. The normalized spacial score (nSPS) is 13.5. The van der Waals surface area contributed by atoms with E-state index in [1.54, 1.807) is 18.9 Å². The van der Waals surface area contributed by atoms with Gasteiger partial charge in [0.1, 0.15) is 5.75 Å². The fourth-order valence-corrected chi connectivity index (χ4v) is 4.29. The third kappa shape index (κ3) is 3.89. The Kier molecular flexibility index (Phi) is 5.23. The highest BCUT2D eigenvalue weighted by Crippen LogP contribution is 2.47. The SMILES string of the molecule is COc1ccc(NC[C@H](O)CN2c3ccccc3Sc3ccccc32)cc1. The van der Waals surface area contributed by atoms with Gasteiger partial charge in [-0.3, -0.25) is 0 Å². The molecule has 4 nitrogen and oxygen atoms in total. The van der Waals surface area contributed by atoms with Crippen LogP contribution in [0.25, 0.3) is 0 Å². The molecule has 0 aliphatic carbocycles. The molecular weight excluding hydrogens is 356 g/mol. The van der Waals surface area contributed by atoms with Gasteiger partial charge in [-0.1, -0.05) is 36.0 Å². The maximum absolute atomic E-state index is 10.7. The van der Waals surface area contributed by atoms with E-state index in [2.05, 4.69) is 46.6 Å². The van der Waals surface area contributed by atoms with Gasteiger partial charge in [-0.05, 0) is 48.5 Å². The number of aliphatic hydroxyl groups is 1. The molecule has 4 rings (SSSR count). The molecule has 1 aliphatic heterocycles. The molecule has 3 aromatic carbocycles. The summed E-state index contributed by atoms with van der Waals surface area (Å²) in [6, 6.07) is 24.4. The molecular formula is C22H22N2O2S. The maximum Gasteiger partial charge on any atom is 0.119 e. The van der Waals surface area contributed by atoms with Crippen molar-refractivity contribution in [2.45, 2.75) is 15.9 Å². The van der Waals surface area contributed by atoms with Crippen molar-refractivity contribution in [1.82, 2.24) is 0 Å². The second kappa shape index (κ2) is 7.94. The van der Waals surface area contributed by atoms with Crippen LogP contribution in [0, 0.1) is 0 Å². The lowest BCUT2D eigenvalue weighted by atomic mass is 10.2. The topological polar surface area (TPSA) is 44.7 Å². The van der Waals surface area contributed by atoms with Crippen LogP contribution in [0.15, 0.2) is 82.6 Å². The van der Waals surface area contributed by atoms with Crippen LogP contribution in [0.5, 0.6) is 5.75 Å². The molecule has 27 heavy (non-hydrogen) atoms. The van der Waals surface area contributed by atoms with Crippen LogP contribution >= 0.6 is 11.8 Å². The van der Waals surface area contributed by atoms with Crippen LogP contribution in [0.3, 0.4) is 0 Å². The average molecular weight is 378 g/mol. The highest BCUT2D eigenvalue weighted by molar-refractivity contribution is 7.99. The number of fused-ring (bicyclic) bond motifs is 2. The zero-order chi connectivity index (χ0) is 18.6. The number of ether oxygens (including phenoxy) is 1. The van der Waals surface area contributed by atoms with Crippen molar-refractivity contribution in [3.8, 4) is 5.75 Å². The summed E-state index contributed by atoms with van der Waals surface area (Å²) in [7, 11) is 1.65. The fraction of sp³-hybridized carbons (Fsp3) is 0.182. The molecule has 0 bridgehead atoms. The van der Waals surface area contributed by atoms with E-state index in [-0.39, 0.29) is 0 Å². The minimum atomic E-state index is -0.517. The van der Waals surface area contributed by atoms with Gasteiger partial charge < -0.3 is 20.1 Å². The van der Waals surface area contributed by atoms with E-state index in [1.165, 1.54) is 9.79 Å². The van der Waals surface area contributed by atoms with E-state index in [1.807, 2.05) is 36.4 Å². The van der Waals surface area contributed by atoms with Crippen molar-refractivity contribution < 1.29 is 9.84 Å². The van der Waals surface area contributed by atoms with E-state index < -0.39 is 6.10 Å². The summed E-state index contributed by atoms with van der Waals surface area (Å²) in [5.41, 5.74) is 3.25. The first-order valence-electron chi connectivity index (χ1n) is 8.94. The Hall–Kier alpha value is -2.63. The van der Waals surface area contributed by atoms with Crippen molar-refractivity contribution in [2.75, 3.05) is 30.4 Å². The number of β-amino-alcohol motifs (C(OH)–C–C–N with tert-alkyl or cyclic N) is 1. The predicted octanol–water partition coefficient (Wildman–Crippen LogP) is 4.77. The monoisotopic (exact) mass is 378 g/mol. The van der Waals surface area contributed by atoms with Gasteiger partial charge in [-0.25, -0.2) is 0 Å². The average Bonchev–Trinajstić information content (AvgIpc) is 2.72. The second-order valence-electron chi connectivity index (χ2n) is 6.41. The van der Waals surface area contributed by atoms with Gasteiger partial charge >= 0.3 is 0 Å². The summed E-state index contributed by atoms with van der Waals surface area (Å²) in [5.74, 6) is 0.820. The summed E-state index contributed by atoms with van der Waals surface area (Å²) in [4.78, 5) is 4.64. The molecule has 138 valence electrons. The minimum absolute atomic E-state index is 0.473. The molecule has 2 N–H and O–H groups in total. The van der Waals surface area contributed by atoms with E-state index in [9.17, 15) is 5.11 Å². The molecule has 0 amide bonds. The Balaban J connectivity index is 1.48. The van der Waals surface area contributed by atoms with E-state index in [0.29, 0.717) is 13.1 Å². The standard InChI is InChI=1S/C22H22N2O2S/c1-26-18-12-10-16(11-13-18)23-14-17(25)15-24-19-6-2-4-8-21(19)27-22-9-5-3-7-20(22)24/h2-13,17,23,25H,14-15H2,1H3/t17-/m0/s1. The quantitative estimate of drug-likeness (QED) is 0.647. The lowest BCUT2D eigenvalue weighted by Crippen LogP contribution is -2.34. The molecule has 5 heteroatoms. The number of methoxy groups -OCH3 is 1. The Morgan fingerprint density at radius 1 is 0.926 bits per heavy atom. The minimum Gasteiger partial charge on any atom is -0.497 e. The number of para-hydroxylation sites is 2. The second-order valence-corrected chi connectivity index (χ2v) is 7.50. The van der Waals surface area contributed by atoms with Gasteiger partial charge in [0, 0.05) is 22.0 Å². The van der Waals surface area contributed by atoms with E-state index in [0.717, 1.165) is 22.8 Å². The van der Waals surface area contributed by atoms with Gasteiger partial charge in [0.25, 0.3) is 0 Å². The number of aliphatic hydroxyl groups excluding tert-OH is 1. The number of hydrogen-bond acceptors (Lipinski definition) is 5. The first-order valence-corrected chi connectivity index (χ1v) is 9.75. The first kappa shape index (κ1) is 17.8. The predicted molar refractivity (Wildman–Crippen MR) is 112 cm³/mol. The van der Waals surface area contributed by atoms with E-state index >= 15 is 0 Å². The van der Waals surface area contributed by atoms with Crippen molar-refractivity contribution in [1.29, 1.82) is 0 Å². The van der Waals surface area contributed by atoms with Gasteiger partial charge in [-0.2, -0.15) is 0 Å². The smallest absolute Gasteiger partial charge is 0.119 e. The van der Waals surface area contributed by atoms with Crippen LogP contribution in [-0.4, -0.2) is 31.4 Å². The fourth-order valence-electron chi connectivity index (χ4n) is 3.20. The van der Waals surface area contributed by atoms with Crippen LogP contribution in [0.1, 0.15) is 0 Å². The van der Waals surface area contributed by atoms with Gasteiger partial charge in [0.2, 0.25) is 0 Å². The molecule has 0 unspecified atom stereocenters. The van der Waals surface area contributed by atoms with Crippen LogP contribution in [0.4, 0.5) is 17.1 Å². The Morgan fingerprint density at radius 3 is 2.11 bits per heavy atom. The highest BCUT2D eigenvalue weighted by atomic mass is 32.2. The lowest BCUT2D eigenvalue weighted by molar-refractivity contribution is 0.195. The van der Waals surface area contributed by atoms with Crippen LogP contribution < -0.4 is 15.0 Å². The molecule has 0 saturated carbocycles. The first-order chi connectivity index (χ1) is 13.2. The van der Waals surface area contributed by atoms with Gasteiger partial charge in [0.15, 0.2) is 0 Å². The Morgan fingerprint density at radius 2 is 1.52 bits per heavy atom. The van der Waals surface area contributed by atoms with Crippen LogP contribution in [-0.2, 0) is 0 Å². The van der Waals surface area contributed by atoms with Crippen molar-refractivity contribution in [3.63, 3.8) is 0 Å². The molecule has 0 fully saturated rings. The zero-order valence-corrected chi connectivity index (χ0v) is 15.9. The Bertz CT molecular complexity index is 869. The van der Waals surface area contributed by atoms with Crippen molar-refractivity contribution in [3.05, 3.63) is 72.8 Å². The molecule has 1 atom stereocenters. The molecule has 0 aromatic heterocycles. The number of benzene rings is 3. The lowest BCUT2D eigenvalue weighted by Gasteiger charge is -2.34. The van der Waals surface area contributed by atoms with Crippen LogP contribution in [0.2, 0.25) is 0 Å². The summed E-state index contributed by atoms with van der Waals surface area (Å²) < 4.78 is 5.18. The molecule has 3 aromatic rings. The molecule has 0 radical (unpaired) electrons. The number of nitrogens with one attached hydrogen (secondary N) is 1. The Labute approximate surface area is 163 Å². The molecule has 1 heterocycles. The molecule has 0 spiro atoms. The largest absolute Gasteiger partial charge is 0.497 e. The molecule has 0 saturated heterocycles. The van der Waals surface area contributed by atoms with Gasteiger partial charge in [-0.15, -0.1) is 0 Å².